The van der Waals surface area contributed by atoms with E-state index in [0.717, 1.165) is 36.3 Å². The molecule has 1 heterocycles. The fraction of sp³-hybridized carbons (Fsp3) is 0.556. The molecule has 0 fully saturated rings. The number of nitro groups is 1. The van der Waals surface area contributed by atoms with Crippen LogP contribution in [0.3, 0.4) is 0 Å². The average Bonchev–Trinajstić information content (AvgIpc) is 2.66. The maximum absolute atomic E-state index is 10.4. The predicted molar refractivity (Wildman–Crippen MR) is 59.0 cm³/mol. The predicted octanol–water partition coefficient (Wildman–Crippen LogP) is 1.52. The SMILES string of the molecule is O=[N+]([O-])c1cc(CNCCCCO)cs1. The highest BCUT2D eigenvalue weighted by atomic mass is 32.1. The Bertz CT molecular complexity index is 314. The van der Waals surface area contributed by atoms with Gasteiger partial charge in [0.2, 0.25) is 0 Å². The van der Waals surface area contributed by atoms with Crippen LogP contribution in [0, 0.1) is 10.1 Å². The highest BCUT2D eigenvalue weighted by molar-refractivity contribution is 7.13. The van der Waals surface area contributed by atoms with E-state index in [4.69, 9.17) is 5.11 Å². The highest BCUT2D eigenvalue weighted by Crippen LogP contribution is 2.22. The van der Waals surface area contributed by atoms with E-state index >= 15 is 0 Å². The number of rotatable bonds is 7. The van der Waals surface area contributed by atoms with Crippen LogP contribution in [-0.4, -0.2) is 23.2 Å². The summed E-state index contributed by atoms with van der Waals surface area (Å²) in [4.78, 5) is 10.0. The summed E-state index contributed by atoms with van der Waals surface area (Å²) >= 11 is 1.15. The summed E-state index contributed by atoms with van der Waals surface area (Å²) in [6.45, 7) is 1.69. The maximum Gasteiger partial charge on any atom is 0.324 e. The molecule has 0 bridgehead atoms. The molecule has 0 radical (unpaired) electrons. The Kier molecular flexibility index (Phi) is 5.23. The van der Waals surface area contributed by atoms with Gasteiger partial charge in [-0.25, -0.2) is 0 Å². The lowest BCUT2D eigenvalue weighted by atomic mass is 10.3. The molecule has 6 heteroatoms. The van der Waals surface area contributed by atoms with Gasteiger partial charge in [0.25, 0.3) is 0 Å². The van der Waals surface area contributed by atoms with Gasteiger partial charge in [-0.2, -0.15) is 0 Å². The van der Waals surface area contributed by atoms with Crippen LogP contribution >= 0.6 is 11.3 Å². The van der Waals surface area contributed by atoms with E-state index in [-0.39, 0.29) is 16.5 Å². The largest absolute Gasteiger partial charge is 0.396 e. The highest BCUT2D eigenvalue weighted by Gasteiger charge is 2.08. The molecule has 1 aromatic heterocycles. The molecule has 0 unspecified atom stereocenters. The van der Waals surface area contributed by atoms with E-state index < -0.39 is 0 Å². The van der Waals surface area contributed by atoms with Gasteiger partial charge in [0.05, 0.1) is 4.92 Å². The molecule has 0 spiro atoms. The van der Waals surface area contributed by atoms with E-state index in [1.54, 1.807) is 11.4 Å². The molecule has 5 nitrogen and oxygen atoms in total. The van der Waals surface area contributed by atoms with Crippen molar-refractivity contribution in [2.24, 2.45) is 0 Å². The fourth-order valence-electron chi connectivity index (χ4n) is 1.15. The van der Waals surface area contributed by atoms with Crippen molar-refractivity contribution in [1.82, 2.24) is 5.32 Å². The lowest BCUT2D eigenvalue weighted by molar-refractivity contribution is -0.380. The smallest absolute Gasteiger partial charge is 0.324 e. The Morgan fingerprint density at radius 1 is 1.53 bits per heavy atom. The van der Waals surface area contributed by atoms with Crippen molar-refractivity contribution >= 4 is 16.3 Å². The third-order valence-corrected chi connectivity index (χ3v) is 2.84. The molecular formula is C9H14N2O3S. The Labute approximate surface area is 91.9 Å². The number of hydrogen-bond donors (Lipinski definition) is 2. The monoisotopic (exact) mass is 230 g/mol. The molecule has 0 saturated heterocycles. The van der Waals surface area contributed by atoms with Crippen molar-refractivity contribution in [2.75, 3.05) is 13.2 Å². The molecule has 1 aromatic rings. The van der Waals surface area contributed by atoms with Gasteiger partial charge >= 0.3 is 5.00 Å². The van der Waals surface area contributed by atoms with Crippen molar-refractivity contribution in [2.45, 2.75) is 19.4 Å². The number of unbranched alkanes of at least 4 members (excludes halogenated alkanes) is 1. The molecule has 0 aromatic carbocycles. The zero-order chi connectivity index (χ0) is 11.1. The van der Waals surface area contributed by atoms with Gasteiger partial charge in [0, 0.05) is 24.6 Å². The van der Waals surface area contributed by atoms with Crippen LogP contribution in [0.25, 0.3) is 0 Å². The third kappa shape index (κ3) is 4.37. The second-order valence-corrected chi connectivity index (χ2v) is 4.05. The Hall–Kier alpha value is -0.980. The molecule has 84 valence electrons. The zero-order valence-corrected chi connectivity index (χ0v) is 9.13. The first-order valence-corrected chi connectivity index (χ1v) is 5.65. The molecule has 0 amide bonds. The molecule has 15 heavy (non-hydrogen) atoms. The van der Waals surface area contributed by atoms with Crippen molar-refractivity contribution < 1.29 is 10.0 Å². The maximum atomic E-state index is 10.4. The van der Waals surface area contributed by atoms with E-state index in [0.29, 0.717) is 6.54 Å². The van der Waals surface area contributed by atoms with Crippen molar-refractivity contribution in [3.63, 3.8) is 0 Å². The van der Waals surface area contributed by atoms with Crippen LogP contribution in [0.4, 0.5) is 5.00 Å². The number of nitrogens with one attached hydrogen (secondary N) is 1. The van der Waals surface area contributed by atoms with Crippen LogP contribution in [-0.2, 0) is 6.54 Å². The third-order valence-electron chi connectivity index (χ3n) is 1.91. The van der Waals surface area contributed by atoms with E-state index in [1.807, 2.05) is 0 Å². The van der Waals surface area contributed by atoms with E-state index in [2.05, 4.69) is 5.32 Å². The van der Waals surface area contributed by atoms with Crippen molar-refractivity contribution in [3.05, 3.63) is 27.1 Å². The van der Waals surface area contributed by atoms with Gasteiger partial charge in [-0.05, 0) is 24.9 Å². The molecule has 1 rings (SSSR count). The first-order chi connectivity index (χ1) is 7.24. The van der Waals surface area contributed by atoms with Crippen LogP contribution in [0.2, 0.25) is 0 Å². The molecule has 0 saturated carbocycles. The molecule has 0 atom stereocenters. The lowest BCUT2D eigenvalue weighted by Gasteiger charge is -2.00. The molecule has 0 aliphatic rings. The Morgan fingerprint density at radius 2 is 2.33 bits per heavy atom. The number of aliphatic hydroxyl groups is 1. The normalized spacial score (nSPS) is 10.5. The molecular weight excluding hydrogens is 216 g/mol. The van der Waals surface area contributed by atoms with Gasteiger partial charge in [0.1, 0.15) is 0 Å². The first kappa shape index (κ1) is 12.1. The first-order valence-electron chi connectivity index (χ1n) is 4.77. The van der Waals surface area contributed by atoms with E-state index in [9.17, 15) is 10.1 Å². The van der Waals surface area contributed by atoms with Gasteiger partial charge in [-0.15, -0.1) is 0 Å². The van der Waals surface area contributed by atoms with Crippen LogP contribution in [0.1, 0.15) is 18.4 Å². The summed E-state index contributed by atoms with van der Waals surface area (Å²) in [5.74, 6) is 0. The Morgan fingerprint density at radius 3 is 2.93 bits per heavy atom. The molecule has 0 aliphatic heterocycles. The topological polar surface area (TPSA) is 75.4 Å². The summed E-state index contributed by atoms with van der Waals surface area (Å²) in [6, 6.07) is 1.59. The minimum atomic E-state index is -0.375. The fourth-order valence-corrected chi connectivity index (χ4v) is 1.87. The van der Waals surface area contributed by atoms with Gasteiger partial charge in [-0.3, -0.25) is 10.1 Å². The second-order valence-electron chi connectivity index (χ2n) is 3.16. The number of nitrogens with zero attached hydrogens (tertiary/aromatic N) is 1. The summed E-state index contributed by atoms with van der Waals surface area (Å²) in [5, 5.41) is 24.1. The number of hydrogen-bond acceptors (Lipinski definition) is 5. The summed E-state index contributed by atoms with van der Waals surface area (Å²) in [7, 11) is 0. The second kappa shape index (κ2) is 6.49. The summed E-state index contributed by atoms with van der Waals surface area (Å²) < 4.78 is 0. The minimum absolute atomic E-state index is 0.183. The van der Waals surface area contributed by atoms with Gasteiger partial charge < -0.3 is 10.4 Å². The van der Waals surface area contributed by atoms with Crippen molar-refractivity contribution in [3.8, 4) is 0 Å². The quantitative estimate of drug-likeness (QED) is 0.423. The van der Waals surface area contributed by atoms with Crippen LogP contribution in [0.15, 0.2) is 11.4 Å². The molecule has 0 aliphatic carbocycles. The number of aliphatic hydroxyl groups excluding tert-OH is 1. The van der Waals surface area contributed by atoms with Gasteiger partial charge in [0.15, 0.2) is 0 Å². The van der Waals surface area contributed by atoms with Crippen molar-refractivity contribution in [1.29, 1.82) is 0 Å². The van der Waals surface area contributed by atoms with E-state index in [1.165, 1.54) is 0 Å². The number of thiophene rings is 1. The van der Waals surface area contributed by atoms with Gasteiger partial charge in [-0.1, -0.05) is 11.3 Å². The van der Waals surface area contributed by atoms with Crippen LogP contribution in [0.5, 0.6) is 0 Å². The average molecular weight is 230 g/mol. The minimum Gasteiger partial charge on any atom is -0.396 e. The standard InChI is InChI=1S/C9H14N2O3S/c12-4-2-1-3-10-6-8-5-9(11(13)14)15-7-8/h5,7,10,12H,1-4,6H2. The Balaban J connectivity index is 2.23. The zero-order valence-electron chi connectivity index (χ0n) is 8.31. The molecule has 2 N–H and O–H groups in total. The van der Waals surface area contributed by atoms with Crippen LogP contribution < -0.4 is 5.32 Å². The summed E-state index contributed by atoms with van der Waals surface area (Å²) in [6.07, 6.45) is 1.71. The lowest BCUT2D eigenvalue weighted by Crippen LogP contribution is -2.14. The summed E-state index contributed by atoms with van der Waals surface area (Å²) in [5.41, 5.74) is 0.940.